The quantitative estimate of drug-likeness (QED) is 0.464. The Kier molecular flexibility index (Phi) is 6.74. The van der Waals surface area contributed by atoms with Gasteiger partial charge < -0.3 is 10.2 Å². The predicted octanol–water partition coefficient (Wildman–Crippen LogP) is 3.23. The number of aryl methyl sites for hydroxylation is 2. The van der Waals surface area contributed by atoms with Crippen molar-refractivity contribution in [3.05, 3.63) is 89.0 Å². The lowest BCUT2D eigenvalue weighted by Crippen LogP contribution is -2.40. The molecule has 0 saturated carbocycles. The number of nitrogens with one attached hydrogen (secondary N) is 3. The number of rotatable bonds is 5. The van der Waals surface area contributed by atoms with Gasteiger partial charge in [-0.2, -0.15) is 0 Å². The summed E-state index contributed by atoms with van der Waals surface area (Å²) in [7, 11) is -8.08. The summed E-state index contributed by atoms with van der Waals surface area (Å²) >= 11 is 0. The van der Waals surface area contributed by atoms with Crippen molar-refractivity contribution in [1.29, 1.82) is 0 Å². The summed E-state index contributed by atoms with van der Waals surface area (Å²) in [5.74, 6) is 0. The molecule has 1 aliphatic rings. The lowest BCUT2D eigenvalue weighted by Gasteiger charge is -2.16. The van der Waals surface area contributed by atoms with Crippen molar-refractivity contribution in [2.24, 2.45) is 0 Å². The maximum Gasteiger partial charge on any atom is 0.333 e. The standard InChI is InChI=1S/C24H24N4O6S2/c1-16-3-9-21(10-4-16)35(31,32)26-23(29)25-20-8-7-18-14-28(15-19(18)13-20)24(30)27-36(33,34)22-11-5-17(2)6-12-22/h3-13H,14-15H2,1-2H3,(H,27,30)(H2,25,26,29). The SMILES string of the molecule is Cc1ccc(S(=O)(=O)NC(=O)Nc2ccc3c(c2)CN(C(=O)NS(=O)(=O)c2ccc(C)cc2)C3)cc1. The molecule has 0 bridgehead atoms. The molecule has 0 saturated heterocycles. The highest BCUT2D eigenvalue weighted by Crippen LogP contribution is 2.26. The minimum atomic E-state index is -4.05. The van der Waals surface area contributed by atoms with E-state index in [0.29, 0.717) is 11.3 Å². The Morgan fingerprint density at radius 2 is 1.19 bits per heavy atom. The fourth-order valence-electron chi connectivity index (χ4n) is 3.63. The number of amides is 4. The van der Waals surface area contributed by atoms with Crippen LogP contribution in [0.25, 0.3) is 0 Å². The Balaban J connectivity index is 1.39. The second kappa shape index (κ2) is 9.63. The van der Waals surface area contributed by atoms with Crippen molar-refractivity contribution >= 4 is 37.8 Å². The zero-order chi connectivity index (χ0) is 26.1. The van der Waals surface area contributed by atoms with Gasteiger partial charge in [0.25, 0.3) is 20.0 Å². The van der Waals surface area contributed by atoms with Crippen LogP contribution in [0, 0.1) is 13.8 Å². The van der Waals surface area contributed by atoms with Crippen LogP contribution in [0.2, 0.25) is 0 Å². The largest absolute Gasteiger partial charge is 0.333 e. The minimum Gasteiger partial charge on any atom is -0.315 e. The smallest absolute Gasteiger partial charge is 0.315 e. The second-order valence-corrected chi connectivity index (χ2v) is 11.8. The third-order valence-corrected chi connectivity index (χ3v) is 8.27. The van der Waals surface area contributed by atoms with Crippen molar-refractivity contribution in [3.63, 3.8) is 0 Å². The molecule has 4 amide bonds. The summed E-state index contributed by atoms with van der Waals surface area (Å²) in [5, 5.41) is 2.47. The maximum atomic E-state index is 12.6. The molecule has 0 unspecified atom stereocenters. The molecule has 3 aromatic rings. The van der Waals surface area contributed by atoms with Crippen LogP contribution in [-0.2, 0) is 33.1 Å². The third-order valence-electron chi connectivity index (χ3n) is 5.59. The zero-order valence-electron chi connectivity index (χ0n) is 19.5. The van der Waals surface area contributed by atoms with Crippen molar-refractivity contribution in [2.45, 2.75) is 36.7 Å². The number of urea groups is 2. The number of benzene rings is 3. The highest BCUT2D eigenvalue weighted by atomic mass is 32.2. The van der Waals surface area contributed by atoms with Crippen LogP contribution in [0.4, 0.5) is 15.3 Å². The summed E-state index contributed by atoms with van der Waals surface area (Å²) in [6, 6.07) is 15.3. The van der Waals surface area contributed by atoms with Gasteiger partial charge in [0.1, 0.15) is 0 Å². The number of carbonyl (C=O) groups is 2. The highest BCUT2D eigenvalue weighted by Gasteiger charge is 2.27. The molecule has 3 N–H and O–H groups in total. The van der Waals surface area contributed by atoms with Gasteiger partial charge in [0, 0.05) is 18.8 Å². The van der Waals surface area contributed by atoms with Crippen molar-refractivity contribution in [2.75, 3.05) is 5.32 Å². The number of sulfonamides is 2. The topological polar surface area (TPSA) is 142 Å². The Hall–Kier alpha value is -3.90. The Labute approximate surface area is 209 Å². The predicted molar refractivity (Wildman–Crippen MR) is 133 cm³/mol. The van der Waals surface area contributed by atoms with Crippen LogP contribution in [-0.4, -0.2) is 33.8 Å². The van der Waals surface area contributed by atoms with Crippen LogP contribution < -0.4 is 14.8 Å². The van der Waals surface area contributed by atoms with Gasteiger partial charge in [0.2, 0.25) is 0 Å². The third kappa shape index (κ3) is 5.66. The molecule has 0 aromatic heterocycles. The van der Waals surface area contributed by atoms with Gasteiger partial charge in [-0.05, 0) is 61.4 Å². The Morgan fingerprint density at radius 3 is 1.75 bits per heavy atom. The number of fused-ring (bicyclic) bond motifs is 1. The molecule has 0 aliphatic carbocycles. The summed E-state index contributed by atoms with van der Waals surface area (Å²) < 4.78 is 53.9. The number of hydrogen-bond donors (Lipinski definition) is 3. The van der Waals surface area contributed by atoms with E-state index in [9.17, 15) is 26.4 Å². The summed E-state index contributed by atoms with van der Waals surface area (Å²) in [6.45, 7) is 3.94. The molecule has 1 aliphatic heterocycles. The molecular weight excluding hydrogens is 504 g/mol. The van der Waals surface area contributed by atoms with Crippen LogP contribution in [0.5, 0.6) is 0 Å². The summed E-state index contributed by atoms with van der Waals surface area (Å²) in [5.41, 5.74) is 3.56. The lowest BCUT2D eigenvalue weighted by atomic mass is 10.1. The molecule has 4 rings (SSSR count). The summed E-state index contributed by atoms with van der Waals surface area (Å²) in [4.78, 5) is 26.2. The first-order chi connectivity index (χ1) is 16.9. The average molecular weight is 529 g/mol. The van der Waals surface area contributed by atoms with Gasteiger partial charge in [-0.15, -0.1) is 0 Å². The fourth-order valence-corrected chi connectivity index (χ4v) is 5.51. The highest BCUT2D eigenvalue weighted by molar-refractivity contribution is 7.90. The van der Waals surface area contributed by atoms with E-state index in [1.54, 1.807) is 42.5 Å². The molecule has 188 valence electrons. The van der Waals surface area contributed by atoms with Crippen LogP contribution in [0.15, 0.2) is 76.5 Å². The molecule has 36 heavy (non-hydrogen) atoms. The minimum absolute atomic E-state index is 0.0174. The van der Waals surface area contributed by atoms with E-state index in [1.807, 2.05) is 18.6 Å². The number of carbonyl (C=O) groups excluding carboxylic acids is 2. The van der Waals surface area contributed by atoms with E-state index in [1.165, 1.54) is 29.2 Å². The van der Waals surface area contributed by atoms with Gasteiger partial charge in [-0.1, -0.05) is 41.5 Å². The van der Waals surface area contributed by atoms with Gasteiger partial charge in [0.05, 0.1) is 9.79 Å². The zero-order valence-corrected chi connectivity index (χ0v) is 21.1. The van der Waals surface area contributed by atoms with Gasteiger partial charge in [-0.3, -0.25) is 0 Å². The van der Waals surface area contributed by atoms with E-state index in [2.05, 4.69) is 10.0 Å². The monoisotopic (exact) mass is 528 g/mol. The molecule has 1 heterocycles. The molecule has 12 heteroatoms. The number of hydrogen-bond acceptors (Lipinski definition) is 6. The first-order valence-electron chi connectivity index (χ1n) is 10.8. The van der Waals surface area contributed by atoms with E-state index in [4.69, 9.17) is 0 Å². The van der Waals surface area contributed by atoms with Crippen LogP contribution >= 0.6 is 0 Å². The van der Waals surface area contributed by atoms with E-state index >= 15 is 0 Å². The molecule has 0 fully saturated rings. The number of nitrogens with zero attached hydrogens (tertiary/aromatic N) is 1. The first kappa shape index (κ1) is 25.2. The van der Waals surface area contributed by atoms with E-state index in [0.717, 1.165) is 16.7 Å². The average Bonchev–Trinajstić information content (AvgIpc) is 3.23. The molecule has 0 spiro atoms. The van der Waals surface area contributed by atoms with Crippen molar-refractivity contribution < 1.29 is 26.4 Å². The van der Waals surface area contributed by atoms with Crippen LogP contribution in [0.3, 0.4) is 0 Å². The molecule has 0 radical (unpaired) electrons. The maximum absolute atomic E-state index is 12.6. The van der Waals surface area contributed by atoms with Crippen molar-refractivity contribution in [3.8, 4) is 0 Å². The molecular formula is C24H24N4O6S2. The number of anilines is 1. The molecule has 3 aromatic carbocycles. The van der Waals surface area contributed by atoms with Gasteiger partial charge >= 0.3 is 12.1 Å². The van der Waals surface area contributed by atoms with Crippen molar-refractivity contribution in [1.82, 2.24) is 14.3 Å². The van der Waals surface area contributed by atoms with E-state index in [-0.39, 0.29) is 22.9 Å². The lowest BCUT2D eigenvalue weighted by molar-refractivity contribution is 0.204. The van der Waals surface area contributed by atoms with Crippen LogP contribution in [0.1, 0.15) is 22.3 Å². The fraction of sp³-hybridized carbons (Fsp3) is 0.167. The van der Waals surface area contributed by atoms with Gasteiger partial charge in [0.15, 0.2) is 0 Å². The van der Waals surface area contributed by atoms with Gasteiger partial charge in [-0.25, -0.2) is 35.9 Å². The Morgan fingerprint density at radius 1 is 0.694 bits per heavy atom. The summed E-state index contributed by atoms with van der Waals surface area (Å²) in [6.07, 6.45) is 0. The first-order valence-corrected chi connectivity index (χ1v) is 13.8. The van der Waals surface area contributed by atoms with E-state index < -0.39 is 32.1 Å². The molecule has 10 nitrogen and oxygen atoms in total. The second-order valence-electron chi connectivity index (χ2n) is 8.44. The normalized spacial score (nSPS) is 13.1. The molecule has 0 atom stereocenters. The Bertz CT molecular complexity index is 1530.